The zero-order chi connectivity index (χ0) is 25.3. The van der Waals surface area contributed by atoms with E-state index >= 15 is 0 Å². The van der Waals surface area contributed by atoms with Crippen LogP contribution in [0.3, 0.4) is 0 Å². The van der Waals surface area contributed by atoms with Gasteiger partial charge in [-0.05, 0) is 50.8 Å². The number of carbonyl (C=O) groups is 2. The van der Waals surface area contributed by atoms with Gasteiger partial charge >= 0.3 is 11.6 Å². The molecule has 1 atom stereocenters. The largest absolute Gasteiger partial charge is 0.480 e. The Bertz CT molecular complexity index is 1480. The zero-order valence-electron chi connectivity index (χ0n) is 20.4. The van der Waals surface area contributed by atoms with Gasteiger partial charge in [0.15, 0.2) is 0 Å². The van der Waals surface area contributed by atoms with Gasteiger partial charge in [0, 0.05) is 33.9 Å². The summed E-state index contributed by atoms with van der Waals surface area (Å²) >= 11 is 0. The second kappa shape index (κ2) is 9.78. The second-order valence-corrected chi connectivity index (χ2v) is 8.89. The lowest BCUT2D eigenvalue weighted by molar-refractivity contribution is -0.142. The van der Waals surface area contributed by atoms with E-state index in [1.807, 2.05) is 64.1 Å². The highest BCUT2D eigenvalue weighted by molar-refractivity contribution is 6.05. The Balaban J connectivity index is 1.74. The van der Waals surface area contributed by atoms with Crippen molar-refractivity contribution in [2.75, 3.05) is 0 Å². The lowest BCUT2D eigenvalue weighted by atomic mass is 9.96. The molecule has 7 heteroatoms. The highest BCUT2D eigenvalue weighted by Crippen LogP contribution is 2.39. The Kier molecular flexibility index (Phi) is 6.78. The Morgan fingerprint density at radius 1 is 1.00 bits per heavy atom. The lowest BCUT2D eigenvalue weighted by Crippen LogP contribution is -2.40. The summed E-state index contributed by atoms with van der Waals surface area (Å²) in [5.41, 5.74) is 4.58. The number of hydrogen-bond donors (Lipinski definition) is 2. The molecule has 35 heavy (non-hydrogen) atoms. The minimum absolute atomic E-state index is 0.00802. The summed E-state index contributed by atoms with van der Waals surface area (Å²) in [5.74, 6) is -0.694. The molecule has 182 valence electrons. The quantitative estimate of drug-likeness (QED) is 0.329. The van der Waals surface area contributed by atoms with E-state index in [0.717, 1.165) is 38.8 Å². The minimum Gasteiger partial charge on any atom is -0.480 e. The summed E-state index contributed by atoms with van der Waals surface area (Å²) in [7, 11) is 0. The Hall–Kier alpha value is -3.87. The van der Waals surface area contributed by atoms with Crippen LogP contribution in [0.15, 0.2) is 50.0 Å². The van der Waals surface area contributed by atoms with Crippen molar-refractivity contribution in [3.8, 4) is 11.1 Å². The SMILES string of the molecule is CCC[C@@H](NC(=O)CCc1c(C)c2cc3c(-c4ccccc4)c(C)oc3c(C)c2oc1=O)C(=O)O. The van der Waals surface area contributed by atoms with Crippen molar-refractivity contribution in [3.05, 3.63) is 69.3 Å². The fourth-order valence-corrected chi connectivity index (χ4v) is 4.68. The number of aryl methyl sites for hydroxylation is 3. The van der Waals surface area contributed by atoms with Gasteiger partial charge < -0.3 is 19.3 Å². The van der Waals surface area contributed by atoms with Crippen LogP contribution in [0.2, 0.25) is 0 Å². The summed E-state index contributed by atoms with van der Waals surface area (Å²) in [6.07, 6.45) is 1.13. The number of nitrogens with one attached hydrogen (secondary N) is 1. The van der Waals surface area contributed by atoms with Crippen molar-refractivity contribution >= 4 is 33.8 Å². The molecule has 7 nitrogen and oxygen atoms in total. The fraction of sp³-hybridized carbons (Fsp3) is 0.321. The average molecular weight is 476 g/mol. The number of carbonyl (C=O) groups excluding carboxylic acids is 1. The Morgan fingerprint density at radius 2 is 1.69 bits per heavy atom. The number of amides is 1. The molecular weight excluding hydrogens is 446 g/mol. The highest BCUT2D eigenvalue weighted by atomic mass is 16.4. The van der Waals surface area contributed by atoms with Gasteiger partial charge in [0.05, 0.1) is 0 Å². The summed E-state index contributed by atoms with van der Waals surface area (Å²) in [6.45, 7) is 7.50. The molecule has 0 radical (unpaired) electrons. The first kappa shape index (κ1) is 24.3. The van der Waals surface area contributed by atoms with Crippen LogP contribution in [0.1, 0.15) is 48.6 Å². The van der Waals surface area contributed by atoms with Crippen LogP contribution >= 0.6 is 0 Å². The van der Waals surface area contributed by atoms with Crippen LogP contribution in [0, 0.1) is 20.8 Å². The van der Waals surface area contributed by atoms with Crippen LogP contribution in [-0.4, -0.2) is 23.0 Å². The predicted octanol–water partition coefficient (Wildman–Crippen LogP) is 5.43. The predicted molar refractivity (Wildman–Crippen MR) is 135 cm³/mol. The molecule has 4 aromatic rings. The van der Waals surface area contributed by atoms with Crippen LogP contribution in [-0.2, 0) is 16.0 Å². The van der Waals surface area contributed by atoms with Gasteiger partial charge in [-0.3, -0.25) is 4.79 Å². The average Bonchev–Trinajstić information content (AvgIpc) is 3.16. The maximum absolute atomic E-state index is 12.9. The third-order valence-corrected chi connectivity index (χ3v) is 6.51. The molecule has 2 heterocycles. The molecule has 0 aliphatic carbocycles. The van der Waals surface area contributed by atoms with E-state index in [1.54, 1.807) is 0 Å². The monoisotopic (exact) mass is 475 g/mol. The van der Waals surface area contributed by atoms with E-state index in [1.165, 1.54) is 0 Å². The second-order valence-electron chi connectivity index (χ2n) is 8.89. The van der Waals surface area contributed by atoms with Gasteiger partial charge in [-0.2, -0.15) is 0 Å². The lowest BCUT2D eigenvalue weighted by Gasteiger charge is -2.14. The number of rotatable bonds is 8. The number of carboxylic acids is 1. The molecule has 4 rings (SSSR count). The van der Waals surface area contributed by atoms with Gasteiger partial charge in [-0.25, -0.2) is 9.59 Å². The van der Waals surface area contributed by atoms with Crippen LogP contribution in [0.25, 0.3) is 33.1 Å². The molecule has 2 aromatic heterocycles. The van der Waals surface area contributed by atoms with Crippen LogP contribution in [0.4, 0.5) is 0 Å². The molecule has 0 spiro atoms. The first-order valence-corrected chi connectivity index (χ1v) is 11.8. The number of aliphatic carboxylic acids is 1. The van der Waals surface area contributed by atoms with Crippen molar-refractivity contribution in [3.63, 3.8) is 0 Å². The molecule has 0 fully saturated rings. The van der Waals surface area contributed by atoms with Gasteiger partial charge in [0.25, 0.3) is 0 Å². The highest BCUT2D eigenvalue weighted by Gasteiger charge is 2.22. The molecule has 1 amide bonds. The molecule has 0 saturated heterocycles. The van der Waals surface area contributed by atoms with Crippen molar-refractivity contribution in [2.24, 2.45) is 0 Å². The van der Waals surface area contributed by atoms with Crippen LogP contribution in [0.5, 0.6) is 0 Å². The summed E-state index contributed by atoms with van der Waals surface area (Å²) < 4.78 is 11.8. The van der Waals surface area contributed by atoms with Crippen molar-refractivity contribution < 1.29 is 23.5 Å². The molecule has 0 saturated carbocycles. The van der Waals surface area contributed by atoms with E-state index in [2.05, 4.69) is 5.32 Å². The normalized spacial score (nSPS) is 12.2. The van der Waals surface area contributed by atoms with Gasteiger partial charge in [-0.15, -0.1) is 0 Å². The summed E-state index contributed by atoms with van der Waals surface area (Å²) in [5, 5.41) is 13.5. The number of furan rings is 1. The van der Waals surface area contributed by atoms with E-state index < -0.39 is 23.5 Å². The van der Waals surface area contributed by atoms with Crippen molar-refractivity contribution in [2.45, 2.75) is 59.4 Å². The Morgan fingerprint density at radius 3 is 2.34 bits per heavy atom. The molecule has 2 aromatic carbocycles. The molecule has 0 unspecified atom stereocenters. The third-order valence-electron chi connectivity index (χ3n) is 6.51. The fourth-order valence-electron chi connectivity index (χ4n) is 4.68. The number of fused-ring (bicyclic) bond motifs is 2. The van der Waals surface area contributed by atoms with E-state index in [9.17, 15) is 19.5 Å². The van der Waals surface area contributed by atoms with Crippen molar-refractivity contribution in [1.29, 1.82) is 0 Å². The number of hydrogen-bond acceptors (Lipinski definition) is 5. The molecule has 0 aliphatic heterocycles. The van der Waals surface area contributed by atoms with Gasteiger partial charge in [-0.1, -0.05) is 43.7 Å². The van der Waals surface area contributed by atoms with Crippen molar-refractivity contribution in [1.82, 2.24) is 5.32 Å². The van der Waals surface area contributed by atoms with E-state index in [4.69, 9.17) is 8.83 Å². The van der Waals surface area contributed by atoms with E-state index in [-0.39, 0.29) is 12.8 Å². The van der Waals surface area contributed by atoms with Crippen LogP contribution < -0.4 is 10.9 Å². The maximum Gasteiger partial charge on any atom is 0.339 e. The Labute approximate surface area is 202 Å². The third kappa shape index (κ3) is 4.58. The maximum atomic E-state index is 12.9. The standard InChI is InChI=1S/C28H29NO6/c1-5-9-22(27(31)32)29-23(30)13-12-19-15(2)20-14-21-24(18-10-7-6-8-11-18)17(4)34-26(21)16(3)25(20)35-28(19)33/h6-8,10-11,14,22H,5,9,12-13H2,1-4H3,(H,29,30)(H,31,32)/t22-/m1/s1. The van der Waals surface area contributed by atoms with Gasteiger partial charge in [0.2, 0.25) is 5.91 Å². The first-order chi connectivity index (χ1) is 16.7. The smallest absolute Gasteiger partial charge is 0.339 e. The molecule has 0 bridgehead atoms. The first-order valence-electron chi connectivity index (χ1n) is 11.8. The summed E-state index contributed by atoms with van der Waals surface area (Å²) in [6, 6.07) is 11.0. The minimum atomic E-state index is -1.06. The molecule has 0 aliphatic rings. The van der Waals surface area contributed by atoms with E-state index in [0.29, 0.717) is 29.6 Å². The number of carboxylic acid groups (broad SMARTS) is 1. The van der Waals surface area contributed by atoms with Gasteiger partial charge in [0.1, 0.15) is 23.0 Å². The molecular formula is C28H29NO6. The zero-order valence-corrected chi connectivity index (χ0v) is 20.4. The summed E-state index contributed by atoms with van der Waals surface area (Å²) in [4.78, 5) is 36.6. The topological polar surface area (TPSA) is 110 Å². The number of benzene rings is 2. The molecule has 2 N–H and O–H groups in total.